The highest BCUT2D eigenvalue weighted by atomic mass is 16.4. The molecule has 1 atom stereocenters. The summed E-state index contributed by atoms with van der Waals surface area (Å²) in [6, 6.07) is 3.60. The average molecular weight is 288 g/mol. The third-order valence-corrected chi connectivity index (χ3v) is 3.76. The van der Waals surface area contributed by atoms with E-state index >= 15 is 0 Å². The van der Waals surface area contributed by atoms with Crippen molar-refractivity contribution in [2.45, 2.75) is 38.6 Å². The molecule has 5 nitrogen and oxygen atoms in total. The van der Waals surface area contributed by atoms with Crippen LogP contribution in [0.3, 0.4) is 0 Å². The van der Waals surface area contributed by atoms with E-state index in [2.05, 4.69) is 11.9 Å². The van der Waals surface area contributed by atoms with E-state index in [0.717, 1.165) is 38.3 Å². The molecule has 0 radical (unpaired) electrons. The third-order valence-electron chi connectivity index (χ3n) is 3.76. The number of carbonyl (C=O) groups is 2. The Kier molecular flexibility index (Phi) is 5.09. The van der Waals surface area contributed by atoms with Crippen molar-refractivity contribution in [3.63, 3.8) is 0 Å². The molecule has 0 aliphatic carbocycles. The molecule has 1 aliphatic rings. The Bertz CT molecular complexity index is 554. The molecule has 21 heavy (non-hydrogen) atoms. The normalized spacial score (nSPS) is 19.5. The summed E-state index contributed by atoms with van der Waals surface area (Å²) in [6.07, 6.45) is 8.29. The van der Waals surface area contributed by atoms with E-state index < -0.39 is 5.97 Å². The molecule has 1 saturated heterocycles. The number of carbonyl (C=O) groups excluding carboxylic acids is 1. The molecule has 1 aromatic rings. The molecule has 2 rings (SSSR count). The first-order chi connectivity index (χ1) is 10.1. The summed E-state index contributed by atoms with van der Waals surface area (Å²) >= 11 is 0. The predicted octanol–water partition coefficient (Wildman–Crippen LogP) is 2.58. The van der Waals surface area contributed by atoms with Crippen LogP contribution in [0, 0.1) is 0 Å². The minimum Gasteiger partial charge on any atom is -0.478 e. The quantitative estimate of drug-likeness (QED) is 0.868. The summed E-state index contributed by atoms with van der Waals surface area (Å²) < 4.78 is 0. The molecule has 1 aromatic heterocycles. The van der Waals surface area contributed by atoms with Gasteiger partial charge in [-0.1, -0.05) is 18.9 Å². The lowest BCUT2D eigenvalue weighted by Gasteiger charge is -2.27. The maximum atomic E-state index is 12.7. The first-order valence-corrected chi connectivity index (χ1v) is 7.26. The van der Waals surface area contributed by atoms with Gasteiger partial charge in [0, 0.05) is 30.4 Å². The van der Waals surface area contributed by atoms with Gasteiger partial charge in [0.25, 0.3) is 5.91 Å². The number of amides is 1. The second-order valence-electron chi connectivity index (χ2n) is 5.31. The van der Waals surface area contributed by atoms with E-state index in [1.54, 1.807) is 18.3 Å². The van der Waals surface area contributed by atoms with Crippen molar-refractivity contribution in [2.24, 2.45) is 0 Å². The molecule has 1 amide bonds. The van der Waals surface area contributed by atoms with Crippen LogP contribution in [0.15, 0.2) is 24.4 Å². The summed E-state index contributed by atoms with van der Waals surface area (Å²) in [6.45, 7) is 2.79. The lowest BCUT2D eigenvalue weighted by atomic mass is 10.1. The largest absolute Gasteiger partial charge is 0.478 e. The fourth-order valence-electron chi connectivity index (χ4n) is 2.60. The molecule has 5 heteroatoms. The number of aliphatic carboxylic acids is 1. The average Bonchev–Trinajstić information content (AvgIpc) is 2.69. The van der Waals surface area contributed by atoms with Gasteiger partial charge in [-0.25, -0.2) is 4.79 Å². The number of carboxylic acid groups (broad SMARTS) is 1. The third kappa shape index (κ3) is 3.90. The van der Waals surface area contributed by atoms with Gasteiger partial charge in [0.05, 0.1) is 0 Å². The molecule has 1 aliphatic heterocycles. The van der Waals surface area contributed by atoms with Gasteiger partial charge in [-0.3, -0.25) is 9.78 Å². The second-order valence-corrected chi connectivity index (χ2v) is 5.31. The Labute approximate surface area is 124 Å². The van der Waals surface area contributed by atoms with Crippen molar-refractivity contribution in [3.8, 4) is 0 Å². The number of likely N-dealkylation sites (tertiary alicyclic amines) is 1. The number of hydrogen-bond acceptors (Lipinski definition) is 3. The number of hydrogen-bond donors (Lipinski definition) is 1. The molecule has 0 bridgehead atoms. The van der Waals surface area contributed by atoms with Crippen molar-refractivity contribution >= 4 is 18.0 Å². The van der Waals surface area contributed by atoms with E-state index in [0.29, 0.717) is 11.3 Å². The minimum atomic E-state index is -1.04. The van der Waals surface area contributed by atoms with E-state index in [-0.39, 0.29) is 11.9 Å². The molecule has 0 spiro atoms. The molecular formula is C16H20N2O3. The van der Waals surface area contributed by atoms with Gasteiger partial charge in [-0.05, 0) is 31.9 Å². The van der Waals surface area contributed by atoms with Crippen LogP contribution < -0.4 is 0 Å². The van der Waals surface area contributed by atoms with Crippen molar-refractivity contribution in [1.82, 2.24) is 9.88 Å². The summed E-state index contributed by atoms with van der Waals surface area (Å²) in [4.78, 5) is 29.4. The van der Waals surface area contributed by atoms with Crippen LogP contribution in [-0.4, -0.2) is 39.5 Å². The van der Waals surface area contributed by atoms with Crippen LogP contribution in [0.4, 0.5) is 0 Å². The monoisotopic (exact) mass is 288 g/mol. The van der Waals surface area contributed by atoms with Gasteiger partial charge in [-0.2, -0.15) is 0 Å². The van der Waals surface area contributed by atoms with Crippen molar-refractivity contribution in [1.29, 1.82) is 0 Å². The lowest BCUT2D eigenvalue weighted by Crippen LogP contribution is -2.39. The summed E-state index contributed by atoms with van der Waals surface area (Å²) in [7, 11) is 0. The molecule has 112 valence electrons. The van der Waals surface area contributed by atoms with Gasteiger partial charge in [-0.15, -0.1) is 0 Å². The Hall–Kier alpha value is -2.17. The highest BCUT2D eigenvalue weighted by molar-refractivity contribution is 5.97. The Morgan fingerprint density at radius 2 is 2.19 bits per heavy atom. The van der Waals surface area contributed by atoms with Gasteiger partial charge < -0.3 is 10.0 Å². The topological polar surface area (TPSA) is 70.5 Å². The summed E-state index contributed by atoms with van der Waals surface area (Å²) in [5.74, 6) is -1.16. The molecule has 0 aromatic carbocycles. The van der Waals surface area contributed by atoms with E-state index in [4.69, 9.17) is 5.11 Å². The SMILES string of the molecule is CC1CCCCCN1C(=O)c1ncccc1/C=C/C(=O)O. The maximum absolute atomic E-state index is 12.7. The van der Waals surface area contributed by atoms with E-state index in [1.807, 2.05) is 4.90 Å². The summed E-state index contributed by atoms with van der Waals surface area (Å²) in [5.41, 5.74) is 0.866. The van der Waals surface area contributed by atoms with Crippen LogP contribution in [0.5, 0.6) is 0 Å². The first-order valence-electron chi connectivity index (χ1n) is 7.26. The predicted molar refractivity (Wildman–Crippen MR) is 79.9 cm³/mol. The molecule has 2 heterocycles. The van der Waals surface area contributed by atoms with Crippen LogP contribution >= 0.6 is 0 Å². The first kappa shape index (κ1) is 15.2. The van der Waals surface area contributed by atoms with Crippen LogP contribution in [-0.2, 0) is 4.79 Å². The molecule has 1 fully saturated rings. The zero-order chi connectivity index (χ0) is 15.2. The zero-order valence-corrected chi connectivity index (χ0v) is 12.2. The Morgan fingerprint density at radius 1 is 1.38 bits per heavy atom. The number of pyridine rings is 1. The minimum absolute atomic E-state index is 0.116. The van der Waals surface area contributed by atoms with Gasteiger partial charge in [0.15, 0.2) is 0 Å². The van der Waals surface area contributed by atoms with Gasteiger partial charge in [0.1, 0.15) is 5.69 Å². The van der Waals surface area contributed by atoms with Gasteiger partial charge in [0.2, 0.25) is 0 Å². The number of nitrogens with zero attached hydrogens (tertiary/aromatic N) is 2. The fraction of sp³-hybridized carbons (Fsp3) is 0.438. The smallest absolute Gasteiger partial charge is 0.328 e. The maximum Gasteiger partial charge on any atom is 0.328 e. The van der Waals surface area contributed by atoms with Crippen LogP contribution in [0.25, 0.3) is 6.08 Å². The van der Waals surface area contributed by atoms with Crippen molar-refractivity contribution < 1.29 is 14.7 Å². The van der Waals surface area contributed by atoms with Crippen LogP contribution in [0.1, 0.15) is 48.7 Å². The lowest BCUT2D eigenvalue weighted by molar-refractivity contribution is -0.131. The van der Waals surface area contributed by atoms with Crippen molar-refractivity contribution in [2.75, 3.05) is 6.54 Å². The molecule has 1 unspecified atom stereocenters. The van der Waals surface area contributed by atoms with Crippen LogP contribution in [0.2, 0.25) is 0 Å². The summed E-state index contributed by atoms with van der Waals surface area (Å²) in [5, 5.41) is 8.73. The second kappa shape index (κ2) is 7.02. The molecule has 1 N–H and O–H groups in total. The number of aromatic nitrogens is 1. The molecular weight excluding hydrogens is 268 g/mol. The zero-order valence-electron chi connectivity index (χ0n) is 12.2. The van der Waals surface area contributed by atoms with Gasteiger partial charge >= 0.3 is 5.97 Å². The van der Waals surface area contributed by atoms with E-state index in [9.17, 15) is 9.59 Å². The highest BCUT2D eigenvalue weighted by Crippen LogP contribution is 2.20. The van der Waals surface area contributed by atoms with Crippen molar-refractivity contribution in [3.05, 3.63) is 35.7 Å². The standard InChI is InChI=1S/C16H20N2O3/c1-12-6-3-2-4-11-18(12)16(21)15-13(7-5-10-17-15)8-9-14(19)20/h5,7-10,12H,2-4,6,11H2,1H3,(H,19,20)/b9-8+. The fourth-order valence-corrected chi connectivity index (χ4v) is 2.60. The van der Waals surface area contributed by atoms with E-state index in [1.165, 1.54) is 6.08 Å². The number of carboxylic acids is 1. The Morgan fingerprint density at radius 3 is 2.95 bits per heavy atom. The highest BCUT2D eigenvalue weighted by Gasteiger charge is 2.25. The Balaban J connectivity index is 2.27. The molecule has 0 saturated carbocycles. The number of rotatable bonds is 3.